The van der Waals surface area contributed by atoms with E-state index in [1.54, 1.807) is 12.4 Å². The van der Waals surface area contributed by atoms with Gasteiger partial charge in [-0.3, -0.25) is 9.98 Å². The van der Waals surface area contributed by atoms with Gasteiger partial charge in [0.15, 0.2) is 0 Å². The Balaban J connectivity index is 3.35. The van der Waals surface area contributed by atoms with Gasteiger partial charge in [-0.25, -0.2) is 0 Å². The highest BCUT2D eigenvalue weighted by molar-refractivity contribution is 6.15. The number of aliphatic imine (C=N–C) groups is 2. The van der Waals surface area contributed by atoms with Crippen molar-refractivity contribution in [1.82, 2.24) is 5.06 Å². The van der Waals surface area contributed by atoms with E-state index in [4.69, 9.17) is 0 Å². The quantitative estimate of drug-likeness (QED) is 0.354. The number of hydrogen-bond donors (Lipinski definition) is 1. The first kappa shape index (κ1) is 15.3. The fourth-order valence-electron chi connectivity index (χ4n) is 1.20. The minimum atomic E-state index is 0.599. The molecule has 0 radical (unpaired) electrons. The van der Waals surface area contributed by atoms with E-state index in [0.717, 1.165) is 25.9 Å². The number of rotatable bonds is 10. The fourth-order valence-corrected chi connectivity index (χ4v) is 1.20. The van der Waals surface area contributed by atoms with Gasteiger partial charge >= 0.3 is 0 Å². The third-order valence-electron chi connectivity index (χ3n) is 2.14. The van der Waals surface area contributed by atoms with Gasteiger partial charge in [-0.05, 0) is 12.8 Å². The van der Waals surface area contributed by atoms with Crippen LogP contribution in [0.3, 0.4) is 0 Å². The second-order valence-electron chi connectivity index (χ2n) is 3.77. The molecule has 0 atom stereocenters. The van der Waals surface area contributed by atoms with E-state index in [2.05, 4.69) is 23.8 Å². The standard InChI is InChI=1S/C12H25N3O/c1-3-5-6-11-15(16)12-10-14-9-8-13-7-4-2/h8-9,16H,3-7,10-12H2,1-2H3. The molecule has 0 spiro atoms. The molecule has 0 bridgehead atoms. The summed E-state index contributed by atoms with van der Waals surface area (Å²) in [5, 5.41) is 10.8. The summed E-state index contributed by atoms with van der Waals surface area (Å²) in [5.74, 6) is 0. The molecule has 0 unspecified atom stereocenters. The van der Waals surface area contributed by atoms with Gasteiger partial charge < -0.3 is 5.21 Å². The SMILES string of the molecule is CCCCCN(O)CCN=CC=NCCC. The van der Waals surface area contributed by atoms with E-state index in [0.29, 0.717) is 13.1 Å². The van der Waals surface area contributed by atoms with E-state index in [1.165, 1.54) is 17.9 Å². The van der Waals surface area contributed by atoms with Crippen LogP contribution in [0.5, 0.6) is 0 Å². The molecule has 0 saturated carbocycles. The highest BCUT2D eigenvalue weighted by atomic mass is 16.5. The molecule has 16 heavy (non-hydrogen) atoms. The Morgan fingerprint density at radius 2 is 1.62 bits per heavy atom. The maximum atomic E-state index is 9.44. The molecule has 0 aliphatic rings. The largest absolute Gasteiger partial charge is 0.314 e. The normalized spacial score (nSPS) is 12.2. The summed E-state index contributed by atoms with van der Waals surface area (Å²) in [5.41, 5.74) is 0. The van der Waals surface area contributed by atoms with Gasteiger partial charge in [0.1, 0.15) is 0 Å². The summed E-state index contributed by atoms with van der Waals surface area (Å²) in [4.78, 5) is 8.25. The van der Waals surface area contributed by atoms with E-state index < -0.39 is 0 Å². The van der Waals surface area contributed by atoms with Crippen molar-refractivity contribution in [3.8, 4) is 0 Å². The molecule has 0 rings (SSSR count). The molecule has 0 amide bonds. The lowest BCUT2D eigenvalue weighted by molar-refractivity contribution is -0.0885. The molecule has 0 aliphatic carbocycles. The minimum absolute atomic E-state index is 0.599. The second kappa shape index (κ2) is 12.3. The zero-order chi connectivity index (χ0) is 12.1. The third kappa shape index (κ3) is 11.3. The second-order valence-corrected chi connectivity index (χ2v) is 3.77. The van der Waals surface area contributed by atoms with Crippen LogP contribution in [0.15, 0.2) is 9.98 Å². The first-order chi connectivity index (χ1) is 7.81. The van der Waals surface area contributed by atoms with Gasteiger partial charge in [0.05, 0.1) is 6.54 Å². The zero-order valence-electron chi connectivity index (χ0n) is 10.6. The summed E-state index contributed by atoms with van der Waals surface area (Å²) in [7, 11) is 0. The van der Waals surface area contributed by atoms with Crippen LogP contribution >= 0.6 is 0 Å². The van der Waals surface area contributed by atoms with Crippen molar-refractivity contribution in [1.29, 1.82) is 0 Å². The van der Waals surface area contributed by atoms with Crippen LogP contribution in [-0.4, -0.2) is 48.9 Å². The predicted molar refractivity (Wildman–Crippen MR) is 69.9 cm³/mol. The maximum absolute atomic E-state index is 9.44. The van der Waals surface area contributed by atoms with Gasteiger partial charge in [-0.1, -0.05) is 26.7 Å². The molecular weight excluding hydrogens is 202 g/mol. The van der Waals surface area contributed by atoms with Crippen molar-refractivity contribution in [3.63, 3.8) is 0 Å². The van der Waals surface area contributed by atoms with Gasteiger partial charge in [0.2, 0.25) is 0 Å². The highest BCUT2D eigenvalue weighted by Gasteiger charge is 1.97. The molecular formula is C12H25N3O. The van der Waals surface area contributed by atoms with E-state index >= 15 is 0 Å². The Bertz CT molecular complexity index is 193. The molecule has 4 heteroatoms. The van der Waals surface area contributed by atoms with Crippen molar-refractivity contribution < 1.29 is 5.21 Å². The van der Waals surface area contributed by atoms with Crippen molar-refractivity contribution in [2.45, 2.75) is 39.5 Å². The summed E-state index contributed by atoms with van der Waals surface area (Å²) in [6.45, 7) is 7.07. The van der Waals surface area contributed by atoms with Crippen LogP contribution in [0.2, 0.25) is 0 Å². The molecule has 0 aromatic carbocycles. The first-order valence-corrected chi connectivity index (χ1v) is 6.23. The third-order valence-corrected chi connectivity index (χ3v) is 2.14. The maximum Gasteiger partial charge on any atom is 0.0540 e. The molecule has 0 aliphatic heterocycles. The number of nitrogens with zero attached hydrogens (tertiary/aromatic N) is 3. The average molecular weight is 227 g/mol. The Hall–Kier alpha value is -0.740. The van der Waals surface area contributed by atoms with E-state index in [1.807, 2.05) is 0 Å². The lowest BCUT2D eigenvalue weighted by Crippen LogP contribution is -2.23. The lowest BCUT2D eigenvalue weighted by Gasteiger charge is -2.12. The molecule has 0 aromatic rings. The Morgan fingerprint density at radius 1 is 0.938 bits per heavy atom. The molecule has 94 valence electrons. The number of unbranched alkanes of at least 4 members (excludes halogenated alkanes) is 2. The Labute approximate surface area is 99.1 Å². The van der Waals surface area contributed by atoms with Crippen molar-refractivity contribution in [2.24, 2.45) is 9.98 Å². The smallest absolute Gasteiger partial charge is 0.0540 e. The topological polar surface area (TPSA) is 48.2 Å². The molecule has 0 aromatic heterocycles. The summed E-state index contributed by atoms with van der Waals surface area (Å²) in [6.07, 6.45) is 7.89. The molecule has 4 nitrogen and oxygen atoms in total. The Morgan fingerprint density at radius 3 is 2.25 bits per heavy atom. The van der Waals surface area contributed by atoms with Gasteiger partial charge in [-0.2, -0.15) is 5.06 Å². The first-order valence-electron chi connectivity index (χ1n) is 6.23. The fraction of sp³-hybridized carbons (Fsp3) is 0.833. The summed E-state index contributed by atoms with van der Waals surface area (Å²) in [6, 6.07) is 0. The Kier molecular flexibility index (Phi) is 11.8. The average Bonchev–Trinajstić information content (AvgIpc) is 2.28. The van der Waals surface area contributed by atoms with Gasteiger partial charge in [0.25, 0.3) is 0 Å². The van der Waals surface area contributed by atoms with E-state index in [-0.39, 0.29) is 0 Å². The van der Waals surface area contributed by atoms with Crippen molar-refractivity contribution >= 4 is 12.4 Å². The number of hydroxylamine groups is 2. The minimum Gasteiger partial charge on any atom is -0.314 e. The number of hydrogen-bond acceptors (Lipinski definition) is 4. The molecule has 0 heterocycles. The molecule has 1 N–H and O–H groups in total. The molecule has 0 saturated heterocycles. The van der Waals surface area contributed by atoms with Crippen molar-refractivity contribution in [2.75, 3.05) is 26.2 Å². The predicted octanol–water partition coefficient (Wildman–Crippen LogP) is 2.42. The summed E-state index contributed by atoms with van der Waals surface area (Å²) < 4.78 is 0. The highest BCUT2D eigenvalue weighted by Crippen LogP contribution is 1.95. The van der Waals surface area contributed by atoms with Crippen LogP contribution in [0.1, 0.15) is 39.5 Å². The van der Waals surface area contributed by atoms with Gasteiger partial charge in [-0.15, -0.1) is 0 Å². The van der Waals surface area contributed by atoms with Crippen LogP contribution < -0.4 is 0 Å². The van der Waals surface area contributed by atoms with Gasteiger partial charge in [0, 0.05) is 32.1 Å². The lowest BCUT2D eigenvalue weighted by atomic mass is 10.2. The van der Waals surface area contributed by atoms with Crippen molar-refractivity contribution in [3.05, 3.63) is 0 Å². The van der Waals surface area contributed by atoms with Crippen LogP contribution in [0.4, 0.5) is 0 Å². The van der Waals surface area contributed by atoms with E-state index in [9.17, 15) is 5.21 Å². The molecule has 0 fully saturated rings. The van der Waals surface area contributed by atoms with Crippen LogP contribution in [0, 0.1) is 0 Å². The summed E-state index contributed by atoms with van der Waals surface area (Å²) >= 11 is 0. The van der Waals surface area contributed by atoms with Crippen LogP contribution in [0.25, 0.3) is 0 Å². The monoisotopic (exact) mass is 227 g/mol. The zero-order valence-corrected chi connectivity index (χ0v) is 10.6. The van der Waals surface area contributed by atoms with Crippen LogP contribution in [-0.2, 0) is 0 Å².